The first-order chi connectivity index (χ1) is 15.4. The molecule has 0 bridgehead atoms. The molecule has 2 aliphatic rings. The second kappa shape index (κ2) is 7.01. The maximum Gasteiger partial charge on any atom is 0.248 e. The molecule has 0 saturated heterocycles. The van der Waals surface area contributed by atoms with Crippen molar-refractivity contribution in [3.05, 3.63) is 94.4 Å². The van der Waals surface area contributed by atoms with Gasteiger partial charge in [0, 0.05) is 28.4 Å². The van der Waals surface area contributed by atoms with Crippen LogP contribution >= 0.6 is 11.6 Å². The minimum atomic E-state index is -1.40. The van der Waals surface area contributed by atoms with Gasteiger partial charge in [0.15, 0.2) is 0 Å². The summed E-state index contributed by atoms with van der Waals surface area (Å²) in [4.78, 5) is 15.7. The molecular formula is C24H19ClN6O. The first-order valence-corrected chi connectivity index (χ1v) is 10.4. The molecule has 1 aromatic heterocycles. The number of nitrogens with zero attached hydrogens (tertiary/aromatic N) is 4. The van der Waals surface area contributed by atoms with Crippen molar-refractivity contribution in [1.29, 1.82) is 5.26 Å². The smallest absolute Gasteiger partial charge is 0.248 e. The fourth-order valence-electron chi connectivity index (χ4n) is 4.77. The van der Waals surface area contributed by atoms with E-state index in [1.165, 1.54) is 0 Å². The standard InChI is InChI=1S/C24H19ClN6O/c1-3-12-30-19-7-5-4-6-17(19)24(23(30)32)18(13-26)21(27)28-22-20(24)14(2)29-31(22)16-10-8-15(25)9-11-16/h3-11,28H,1,12,27H2,2H3. The summed E-state index contributed by atoms with van der Waals surface area (Å²) in [5.74, 6) is 0.420. The van der Waals surface area contributed by atoms with Crippen molar-refractivity contribution in [3.63, 3.8) is 0 Å². The molecule has 0 fully saturated rings. The van der Waals surface area contributed by atoms with Crippen LogP contribution in [0.4, 0.5) is 11.5 Å². The number of benzene rings is 2. The van der Waals surface area contributed by atoms with E-state index in [1.807, 2.05) is 43.3 Å². The molecule has 3 N–H and O–H groups in total. The number of nitrogens with one attached hydrogen (secondary N) is 1. The second-order valence-corrected chi connectivity index (χ2v) is 8.13. The highest BCUT2D eigenvalue weighted by atomic mass is 35.5. The fraction of sp³-hybridized carbons (Fsp3) is 0.125. The lowest BCUT2D eigenvalue weighted by molar-refractivity contribution is -0.120. The van der Waals surface area contributed by atoms with Gasteiger partial charge in [0.1, 0.15) is 23.1 Å². The van der Waals surface area contributed by atoms with Gasteiger partial charge in [-0.1, -0.05) is 35.9 Å². The van der Waals surface area contributed by atoms with Crippen LogP contribution in [-0.4, -0.2) is 22.2 Å². The number of halogens is 1. The average Bonchev–Trinajstić information content (AvgIpc) is 3.23. The van der Waals surface area contributed by atoms with Crippen molar-refractivity contribution in [2.24, 2.45) is 5.73 Å². The maximum atomic E-state index is 14.1. The molecule has 32 heavy (non-hydrogen) atoms. The number of nitrogens with two attached hydrogens (primary N) is 1. The molecule has 3 aromatic rings. The Balaban J connectivity index is 1.87. The summed E-state index contributed by atoms with van der Waals surface area (Å²) in [6.07, 6.45) is 1.67. The molecule has 2 aliphatic heterocycles. The van der Waals surface area contributed by atoms with E-state index < -0.39 is 5.41 Å². The van der Waals surface area contributed by atoms with Gasteiger partial charge in [0.25, 0.3) is 0 Å². The molecule has 158 valence electrons. The SMILES string of the molecule is C=CCN1C(=O)C2(C(C#N)=C(N)Nc3c2c(C)nn3-c2ccc(Cl)cc2)c2ccccc21. The zero-order valence-electron chi connectivity index (χ0n) is 17.3. The minimum absolute atomic E-state index is 0.124. The van der Waals surface area contributed by atoms with Crippen molar-refractivity contribution in [3.8, 4) is 11.8 Å². The van der Waals surface area contributed by atoms with Crippen molar-refractivity contribution in [2.45, 2.75) is 12.3 Å². The van der Waals surface area contributed by atoms with E-state index in [1.54, 1.807) is 27.8 Å². The summed E-state index contributed by atoms with van der Waals surface area (Å²) in [5, 5.41) is 18.6. The Bertz CT molecular complexity index is 1360. The zero-order chi connectivity index (χ0) is 22.6. The molecule has 1 atom stereocenters. The number of rotatable bonds is 3. The molecule has 0 aliphatic carbocycles. The Morgan fingerprint density at radius 1 is 1.28 bits per heavy atom. The third kappa shape index (κ3) is 2.41. The number of aryl methyl sites for hydroxylation is 1. The molecular weight excluding hydrogens is 424 g/mol. The largest absolute Gasteiger partial charge is 0.384 e. The molecule has 1 unspecified atom stereocenters. The Hall–Kier alpha value is -4.02. The Morgan fingerprint density at radius 2 is 2.00 bits per heavy atom. The van der Waals surface area contributed by atoms with Gasteiger partial charge in [0.05, 0.1) is 17.0 Å². The summed E-state index contributed by atoms with van der Waals surface area (Å²) >= 11 is 6.06. The van der Waals surface area contributed by atoms with Gasteiger partial charge in [0.2, 0.25) is 5.91 Å². The van der Waals surface area contributed by atoms with Crippen molar-refractivity contribution in [2.75, 3.05) is 16.8 Å². The summed E-state index contributed by atoms with van der Waals surface area (Å²) in [6, 6.07) is 16.9. The lowest BCUT2D eigenvalue weighted by Crippen LogP contribution is -2.46. The van der Waals surface area contributed by atoms with E-state index in [2.05, 4.69) is 18.0 Å². The summed E-state index contributed by atoms with van der Waals surface area (Å²) in [5.41, 5.74) is 8.54. The molecule has 7 nitrogen and oxygen atoms in total. The number of aromatic nitrogens is 2. The average molecular weight is 443 g/mol. The first-order valence-electron chi connectivity index (χ1n) is 10.0. The number of hydrogen-bond acceptors (Lipinski definition) is 5. The molecule has 8 heteroatoms. The van der Waals surface area contributed by atoms with E-state index >= 15 is 0 Å². The number of carbonyl (C=O) groups is 1. The van der Waals surface area contributed by atoms with Crippen LogP contribution in [0.2, 0.25) is 5.02 Å². The van der Waals surface area contributed by atoms with Crippen molar-refractivity contribution >= 4 is 29.0 Å². The van der Waals surface area contributed by atoms with Crippen molar-refractivity contribution < 1.29 is 4.79 Å². The third-order valence-electron chi connectivity index (χ3n) is 5.99. The van der Waals surface area contributed by atoms with Crippen LogP contribution in [0.1, 0.15) is 16.8 Å². The second-order valence-electron chi connectivity index (χ2n) is 7.69. The van der Waals surface area contributed by atoms with E-state index in [9.17, 15) is 10.1 Å². The molecule has 1 amide bonds. The van der Waals surface area contributed by atoms with Crippen LogP contribution in [0.25, 0.3) is 5.69 Å². The highest BCUT2D eigenvalue weighted by Gasteiger charge is 2.59. The quantitative estimate of drug-likeness (QED) is 0.601. The lowest BCUT2D eigenvalue weighted by atomic mass is 9.68. The first kappa shape index (κ1) is 19.9. The Morgan fingerprint density at radius 3 is 2.69 bits per heavy atom. The predicted octanol–water partition coefficient (Wildman–Crippen LogP) is 3.77. The Labute approximate surface area is 190 Å². The Kier molecular flexibility index (Phi) is 4.36. The van der Waals surface area contributed by atoms with Crippen molar-refractivity contribution in [1.82, 2.24) is 9.78 Å². The number of hydrogen-bond donors (Lipinski definition) is 2. The number of nitriles is 1. The maximum absolute atomic E-state index is 14.1. The van der Waals surface area contributed by atoms with Crippen LogP contribution < -0.4 is 16.0 Å². The molecule has 5 rings (SSSR count). The lowest BCUT2D eigenvalue weighted by Gasteiger charge is -2.34. The van der Waals surface area contributed by atoms with E-state index in [-0.39, 0.29) is 17.3 Å². The summed E-state index contributed by atoms with van der Waals surface area (Å²) in [6.45, 7) is 5.94. The van der Waals surface area contributed by atoms with Crippen LogP contribution in [0.3, 0.4) is 0 Å². The van der Waals surface area contributed by atoms with E-state index in [0.717, 1.165) is 11.4 Å². The highest BCUT2D eigenvalue weighted by molar-refractivity contribution is 6.30. The van der Waals surface area contributed by atoms with Gasteiger partial charge in [-0.15, -0.1) is 6.58 Å². The number of anilines is 2. The number of para-hydroxylation sites is 1. The molecule has 0 saturated carbocycles. The van der Waals surface area contributed by atoms with Crippen LogP contribution in [-0.2, 0) is 10.2 Å². The minimum Gasteiger partial charge on any atom is -0.384 e. The van der Waals surface area contributed by atoms with Gasteiger partial charge >= 0.3 is 0 Å². The fourth-order valence-corrected chi connectivity index (χ4v) is 4.89. The van der Waals surface area contributed by atoms with Crippen LogP contribution in [0.15, 0.2) is 72.6 Å². The van der Waals surface area contributed by atoms with Gasteiger partial charge in [-0.3, -0.25) is 4.79 Å². The predicted molar refractivity (Wildman–Crippen MR) is 124 cm³/mol. The van der Waals surface area contributed by atoms with Gasteiger partial charge in [-0.25, -0.2) is 4.68 Å². The van der Waals surface area contributed by atoms with E-state index in [0.29, 0.717) is 34.2 Å². The van der Waals surface area contributed by atoms with Gasteiger partial charge < -0.3 is 16.0 Å². The number of fused-ring (bicyclic) bond motifs is 4. The van der Waals surface area contributed by atoms with E-state index in [4.69, 9.17) is 22.4 Å². The molecule has 0 radical (unpaired) electrons. The van der Waals surface area contributed by atoms with Crippen LogP contribution in [0.5, 0.6) is 0 Å². The monoisotopic (exact) mass is 442 g/mol. The van der Waals surface area contributed by atoms with Crippen LogP contribution in [0, 0.1) is 18.3 Å². The molecule has 3 heterocycles. The van der Waals surface area contributed by atoms with Gasteiger partial charge in [-0.05, 0) is 37.3 Å². The third-order valence-corrected chi connectivity index (χ3v) is 6.24. The number of amides is 1. The summed E-state index contributed by atoms with van der Waals surface area (Å²) in [7, 11) is 0. The number of carbonyl (C=O) groups excluding carboxylic acids is 1. The highest BCUT2D eigenvalue weighted by Crippen LogP contribution is 2.55. The van der Waals surface area contributed by atoms with Gasteiger partial charge in [-0.2, -0.15) is 10.4 Å². The zero-order valence-corrected chi connectivity index (χ0v) is 18.0. The summed E-state index contributed by atoms with van der Waals surface area (Å²) < 4.78 is 1.69. The molecule has 2 aromatic carbocycles. The normalized spacial score (nSPS) is 18.9. The topological polar surface area (TPSA) is 100.0 Å². The molecule has 1 spiro atoms.